The quantitative estimate of drug-likeness (QED) is 0.566. The first-order valence-corrected chi connectivity index (χ1v) is 9.71. The lowest BCUT2D eigenvalue weighted by atomic mass is 10.2. The van der Waals surface area contributed by atoms with E-state index in [2.05, 4.69) is 10.4 Å². The number of benzene rings is 1. The number of rotatable bonds is 5. The van der Waals surface area contributed by atoms with Crippen molar-refractivity contribution in [3.8, 4) is 0 Å². The van der Waals surface area contributed by atoms with Crippen LogP contribution in [0.2, 0.25) is 0 Å². The molecule has 0 aliphatic heterocycles. The molecule has 1 N–H and O–H groups in total. The molecule has 0 unspecified atom stereocenters. The lowest BCUT2D eigenvalue weighted by Gasteiger charge is -2.17. The maximum atomic E-state index is 12.4. The minimum atomic E-state index is -0.194. The van der Waals surface area contributed by atoms with Crippen LogP contribution in [-0.4, -0.2) is 32.2 Å². The maximum Gasteiger partial charge on any atom is 0.350 e. The van der Waals surface area contributed by atoms with Gasteiger partial charge in [0.2, 0.25) is 0 Å². The van der Waals surface area contributed by atoms with Gasteiger partial charge in [0.15, 0.2) is 5.65 Å². The summed E-state index contributed by atoms with van der Waals surface area (Å²) in [6.07, 6.45) is 1.70. The van der Waals surface area contributed by atoms with E-state index in [4.69, 9.17) is 0 Å². The molecule has 2 amide bonds. The first-order chi connectivity index (χ1) is 13.6. The molecule has 3 aromatic heterocycles. The van der Waals surface area contributed by atoms with Gasteiger partial charge in [-0.1, -0.05) is 18.2 Å². The van der Waals surface area contributed by atoms with E-state index in [9.17, 15) is 9.59 Å². The highest BCUT2D eigenvalue weighted by molar-refractivity contribution is 7.07. The first kappa shape index (κ1) is 18.0. The summed E-state index contributed by atoms with van der Waals surface area (Å²) in [4.78, 5) is 26.5. The number of amides is 2. The highest BCUT2D eigenvalue weighted by Crippen LogP contribution is 2.14. The second kappa shape index (κ2) is 7.69. The second-order valence-electron chi connectivity index (χ2n) is 6.49. The molecular weight excluding hydrogens is 374 g/mol. The van der Waals surface area contributed by atoms with Gasteiger partial charge in [-0.25, -0.2) is 14.3 Å². The fraction of sp³-hybridized carbons (Fsp3) is 0.150. The second-order valence-corrected chi connectivity index (χ2v) is 7.27. The molecule has 0 saturated heterocycles. The average Bonchev–Trinajstić information content (AvgIpc) is 3.31. The van der Waals surface area contributed by atoms with Crippen LogP contribution in [0.25, 0.3) is 5.65 Å². The Bertz CT molecular complexity index is 1160. The zero-order chi connectivity index (χ0) is 19.5. The van der Waals surface area contributed by atoms with E-state index in [1.807, 2.05) is 47.2 Å². The van der Waals surface area contributed by atoms with Crippen molar-refractivity contribution in [3.05, 3.63) is 87.1 Å². The van der Waals surface area contributed by atoms with E-state index in [1.54, 1.807) is 41.6 Å². The first-order valence-electron chi connectivity index (χ1n) is 8.76. The number of carbonyl (C=O) groups excluding carboxylic acids is 1. The van der Waals surface area contributed by atoms with Gasteiger partial charge in [0.1, 0.15) is 0 Å². The van der Waals surface area contributed by atoms with Gasteiger partial charge < -0.3 is 10.2 Å². The number of thiophene rings is 1. The smallest absolute Gasteiger partial charge is 0.323 e. The van der Waals surface area contributed by atoms with Gasteiger partial charge in [0.05, 0.1) is 6.54 Å². The van der Waals surface area contributed by atoms with Crippen LogP contribution in [0, 0.1) is 0 Å². The standard InChI is InChI=1S/C20H19N5O2S/c1-23(12-16-8-10-28-14-16)19(26)21-17-6-4-5-15(11-17)13-25-20(27)24-9-3-2-7-18(24)22-25/h2-11,14H,12-13H2,1H3,(H,21,26). The Labute approximate surface area is 165 Å². The van der Waals surface area contributed by atoms with Crippen molar-refractivity contribution >= 4 is 28.7 Å². The predicted octanol–water partition coefficient (Wildman–Crippen LogP) is 3.27. The molecule has 28 heavy (non-hydrogen) atoms. The number of aromatic nitrogens is 3. The van der Waals surface area contributed by atoms with Crippen molar-refractivity contribution in [1.82, 2.24) is 19.1 Å². The minimum absolute atomic E-state index is 0.187. The van der Waals surface area contributed by atoms with Crippen molar-refractivity contribution < 1.29 is 4.79 Å². The molecule has 7 nitrogen and oxygen atoms in total. The monoisotopic (exact) mass is 393 g/mol. The molecule has 0 bridgehead atoms. The van der Waals surface area contributed by atoms with E-state index in [0.717, 1.165) is 11.1 Å². The Morgan fingerprint density at radius 2 is 2.07 bits per heavy atom. The summed E-state index contributed by atoms with van der Waals surface area (Å²) < 4.78 is 2.92. The molecule has 0 saturated carbocycles. The normalized spacial score (nSPS) is 10.9. The van der Waals surface area contributed by atoms with Gasteiger partial charge in [0, 0.05) is 25.5 Å². The largest absolute Gasteiger partial charge is 0.350 e. The molecule has 4 rings (SSSR count). The van der Waals surface area contributed by atoms with Crippen molar-refractivity contribution in [1.29, 1.82) is 0 Å². The number of hydrogen-bond donors (Lipinski definition) is 1. The van der Waals surface area contributed by atoms with Crippen LogP contribution >= 0.6 is 11.3 Å². The molecule has 0 fully saturated rings. The van der Waals surface area contributed by atoms with Crippen molar-refractivity contribution in [2.24, 2.45) is 0 Å². The van der Waals surface area contributed by atoms with Gasteiger partial charge in [0.25, 0.3) is 0 Å². The number of urea groups is 1. The molecular formula is C20H19N5O2S. The van der Waals surface area contributed by atoms with Gasteiger partial charge in [-0.05, 0) is 52.2 Å². The third-order valence-corrected chi connectivity index (χ3v) is 5.08. The molecule has 142 valence electrons. The third-order valence-electron chi connectivity index (χ3n) is 4.35. The van der Waals surface area contributed by atoms with E-state index in [-0.39, 0.29) is 11.7 Å². The molecule has 4 aromatic rings. The summed E-state index contributed by atoms with van der Waals surface area (Å²) in [5.41, 5.74) is 3.07. The van der Waals surface area contributed by atoms with Crippen LogP contribution in [0.5, 0.6) is 0 Å². The number of nitrogens with zero attached hydrogens (tertiary/aromatic N) is 4. The Morgan fingerprint density at radius 1 is 1.18 bits per heavy atom. The molecule has 0 aliphatic rings. The lowest BCUT2D eigenvalue weighted by molar-refractivity contribution is 0.221. The Hall–Kier alpha value is -3.39. The molecule has 3 heterocycles. The van der Waals surface area contributed by atoms with Gasteiger partial charge in [-0.15, -0.1) is 5.10 Å². The molecule has 1 aromatic carbocycles. The van der Waals surface area contributed by atoms with Gasteiger partial charge >= 0.3 is 11.7 Å². The zero-order valence-corrected chi connectivity index (χ0v) is 16.1. The summed E-state index contributed by atoms with van der Waals surface area (Å²) in [7, 11) is 1.76. The number of fused-ring (bicyclic) bond motifs is 1. The summed E-state index contributed by atoms with van der Waals surface area (Å²) in [5, 5.41) is 11.3. The summed E-state index contributed by atoms with van der Waals surface area (Å²) in [6.45, 7) is 0.876. The highest BCUT2D eigenvalue weighted by atomic mass is 32.1. The van der Waals surface area contributed by atoms with Crippen LogP contribution in [-0.2, 0) is 13.1 Å². The fourth-order valence-corrected chi connectivity index (χ4v) is 3.60. The molecule has 0 atom stereocenters. The van der Waals surface area contributed by atoms with E-state index >= 15 is 0 Å². The summed E-state index contributed by atoms with van der Waals surface area (Å²) >= 11 is 1.61. The SMILES string of the molecule is CN(Cc1ccsc1)C(=O)Nc1cccc(Cn2nc3ccccn3c2=O)c1. The highest BCUT2D eigenvalue weighted by Gasteiger charge is 2.11. The molecule has 0 aliphatic carbocycles. The van der Waals surface area contributed by atoms with Crippen molar-refractivity contribution in [3.63, 3.8) is 0 Å². The van der Waals surface area contributed by atoms with Gasteiger partial charge in [-0.2, -0.15) is 11.3 Å². The topological polar surface area (TPSA) is 71.6 Å². The lowest BCUT2D eigenvalue weighted by Crippen LogP contribution is -2.30. The predicted molar refractivity (Wildman–Crippen MR) is 110 cm³/mol. The van der Waals surface area contributed by atoms with E-state index in [1.165, 1.54) is 9.08 Å². The fourth-order valence-electron chi connectivity index (χ4n) is 2.94. The van der Waals surface area contributed by atoms with Crippen LogP contribution in [0.3, 0.4) is 0 Å². The number of nitrogens with one attached hydrogen (secondary N) is 1. The van der Waals surface area contributed by atoms with Crippen LogP contribution in [0.15, 0.2) is 70.3 Å². The number of hydrogen-bond acceptors (Lipinski definition) is 4. The summed E-state index contributed by atoms with van der Waals surface area (Å²) in [6, 6.07) is 14.7. The van der Waals surface area contributed by atoms with Crippen molar-refractivity contribution in [2.75, 3.05) is 12.4 Å². The number of pyridine rings is 1. The van der Waals surface area contributed by atoms with Crippen LogP contribution in [0.1, 0.15) is 11.1 Å². The Kier molecular flexibility index (Phi) is 4.94. The number of anilines is 1. The van der Waals surface area contributed by atoms with E-state index < -0.39 is 0 Å². The summed E-state index contributed by atoms with van der Waals surface area (Å²) in [5.74, 6) is 0. The Balaban J connectivity index is 1.47. The van der Waals surface area contributed by atoms with Crippen LogP contribution in [0.4, 0.5) is 10.5 Å². The molecule has 0 spiro atoms. The van der Waals surface area contributed by atoms with Crippen molar-refractivity contribution in [2.45, 2.75) is 13.1 Å². The van der Waals surface area contributed by atoms with Crippen LogP contribution < -0.4 is 11.0 Å². The molecule has 8 heteroatoms. The minimum Gasteiger partial charge on any atom is -0.323 e. The van der Waals surface area contributed by atoms with E-state index in [0.29, 0.717) is 24.4 Å². The zero-order valence-electron chi connectivity index (χ0n) is 15.3. The average molecular weight is 393 g/mol. The molecule has 0 radical (unpaired) electrons. The Morgan fingerprint density at radius 3 is 2.86 bits per heavy atom. The van der Waals surface area contributed by atoms with Gasteiger partial charge in [-0.3, -0.25) is 4.40 Å². The maximum absolute atomic E-state index is 12.4. The number of carbonyl (C=O) groups is 1. The third kappa shape index (κ3) is 3.81.